The van der Waals surface area contributed by atoms with Crippen molar-refractivity contribution in [1.29, 1.82) is 0 Å². The van der Waals surface area contributed by atoms with E-state index >= 15 is 0 Å². The van der Waals surface area contributed by atoms with Crippen molar-refractivity contribution >= 4 is 8.25 Å². The molecule has 15 heavy (non-hydrogen) atoms. The van der Waals surface area contributed by atoms with E-state index in [0.717, 1.165) is 0 Å². The zero-order chi connectivity index (χ0) is 11.5. The van der Waals surface area contributed by atoms with E-state index in [2.05, 4.69) is 0 Å². The Bertz CT molecular complexity index is 378. The zero-order valence-electron chi connectivity index (χ0n) is 9.24. The molecule has 1 rings (SSSR count). The predicted octanol–water partition coefficient (Wildman–Crippen LogP) is 2.01. The fraction of sp³-hybridized carbons (Fsp3) is 0.500. The van der Waals surface area contributed by atoms with Gasteiger partial charge in [-0.25, -0.2) is 0 Å². The molecular weight excluding hydrogens is 402 g/mol. The SMILES string of the molecule is COC(C)(C)[CH]([Hg][Cl])n1ccccc1=O. The average molecular weight is 416 g/mol. The summed E-state index contributed by atoms with van der Waals surface area (Å²) in [6, 6.07) is 5.14. The predicted molar refractivity (Wildman–Crippen MR) is 56.7 cm³/mol. The second kappa shape index (κ2) is 5.46. The molecule has 0 spiro atoms. The van der Waals surface area contributed by atoms with Gasteiger partial charge in [-0.2, -0.15) is 0 Å². The molecule has 80 valence electrons. The monoisotopic (exact) mass is 417 g/mol. The van der Waals surface area contributed by atoms with Gasteiger partial charge in [-0.1, -0.05) is 0 Å². The van der Waals surface area contributed by atoms with Crippen LogP contribution in [-0.4, -0.2) is 17.3 Å². The summed E-state index contributed by atoms with van der Waals surface area (Å²) in [5.74, 6) is 0. The molecule has 3 nitrogen and oxygen atoms in total. The second-order valence-electron chi connectivity index (χ2n) is 3.92. The number of nitrogens with zero attached hydrogens (tertiary/aromatic N) is 1. The molecule has 0 aliphatic heterocycles. The molecule has 1 unspecified atom stereocenters. The molecule has 1 heterocycles. The number of rotatable bonds is 4. The Kier molecular flexibility index (Phi) is 4.80. The van der Waals surface area contributed by atoms with Crippen LogP contribution in [0.15, 0.2) is 29.2 Å². The Hall–Kier alpha value is 0.135. The normalized spacial score (nSPS) is 13.3. The average Bonchev–Trinajstić information content (AvgIpc) is 2.21. The minimum atomic E-state index is -1.64. The number of aromatic nitrogens is 1. The third kappa shape index (κ3) is 3.05. The van der Waals surface area contributed by atoms with Crippen molar-refractivity contribution in [3.63, 3.8) is 0 Å². The Morgan fingerprint density at radius 2 is 2.20 bits per heavy atom. The van der Waals surface area contributed by atoms with E-state index < -0.39 is 23.3 Å². The first-order valence-corrected chi connectivity index (χ1v) is 14.8. The maximum atomic E-state index is 11.7. The Morgan fingerprint density at radius 3 is 2.67 bits per heavy atom. The summed E-state index contributed by atoms with van der Waals surface area (Å²) < 4.78 is 7.17. The third-order valence-corrected chi connectivity index (χ3v) is 11.7. The van der Waals surface area contributed by atoms with Crippen LogP contribution in [-0.2, 0) is 28.1 Å². The van der Waals surface area contributed by atoms with Crippen molar-refractivity contribution in [1.82, 2.24) is 4.57 Å². The summed E-state index contributed by atoms with van der Waals surface area (Å²) in [5.41, 5.74) is -0.373. The van der Waals surface area contributed by atoms with Gasteiger partial charge in [0, 0.05) is 0 Å². The van der Waals surface area contributed by atoms with Crippen molar-refractivity contribution < 1.29 is 28.1 Å². The summed E-state index contributed by atoms with van der Waals surface area (Å²) in [5, 5.41) is 0. The van der Waals surface area contributed by atoms with Crippen LogP contribution in [0.3, 0.4) is 0 Å². The second-order valence-corrected chi connectivity index (χ2v) is 10.8. The van der Waals surface area contributed by atoms with Crippen LogP contribution in [0.1, 0.15) is 17.4 Å². The number of hydrogen-bond donors (Lipinski definition) is 0. The van der Waals surface area contributed by atoms with Crippen molar-refractivity contribution in [2.75, 3.05) is 7.11 Å². The molecule has 0 aliphatic rings. The number of methoxy groups -OCH3 is 1. The molecule has 1 aromatic rings. The number of ether oxygens (including phenoxy) is 1. The standard InChI is InChI=1S/C10H14NO2.ClH.Hg/c1-10(2,13-3)8-11-7-5-4-6-9(11)12;;/h4-8H,1-3H3;1H;/q;;+1/p-1. The van der Waals surface area contributed by atoms with Gasteiger partial charge in [0.05, 0.1) is 0 Å². The molecule has 0 bridgehead atoms. The Morgan fingerprint density at radius 1 is 1.53 bits per heavy atom. The fourth-order valence-corrected chi connectivity index (χ4v) is 9.84. The van der Waals surface area contributed by atoms with Gasteiger partial charge in [-0.05, 0) is 0 Å². The molecule has 1 atom stereocenters. The van der Waals surface area contributed by atoms with E-state index in [9.17, 15) is 4.79 Å². The van der Waals surface area contributed by atoms with Crippen LogP contribution >= 0.6 is 8.25 Å². The maximum absolute atomic E-state index is 11.7. The molecule has 0 aliphatic carbocycles. The Balaban J connectivity index is 3.14. The van der Waals surface area contributed by atoms with Crippen LogP contribution in [0.25, 0.3) is 0 Å². The zero-order valence-corrected chi connectivity index (χ0v) is 15.5. The van der Waals surface area contributed by atoms with Crippen LogP contribution in [0.5, 0.6) is 0 Å². The van der Waals surface area contributed by atoms with Gasteiger partial charge < -0.3 is 0 Å². The van der Waals surface area contributed by atoms with Crippen molar-refractivity contribution in [3.05, 3.63) is 34.7 Å². The quantitative estimate of drug-likeness (QED) is 0.704. The molecule has 5 heteroatoms. The van der Waals surface area contributed by atoms with Crippen molar-refractivity contribution in [2.24, 2.45) is 0 Å². The molecule has 0 amide bonds. The molecule has 0 aromatic carbocycles. The molecule has 0 saturated heterocycles. The molecule has 1 aromatic heterocycles. The van der Waals surface area contributed by atoms with E-state index in [4.69, 9.17) is 13.0 Å². The van der Waals surface area contributed by atoms with E-state index in [1.165, 1.54) is 0 Å². The molecule has 0 fully saturated rings. The first kappa shape index (κ1) is 13.2. The van der Waals surface area contributed by atoms with Gasteiger partial charge in [0.2, 0.25) is 0 Å². The van der Waals surface area contributed by atoms with Crippen molar-refractivity contribution in [3.8, 4) is 0 Å². The van der Waals surface area contributed by atoms with Gasteiger partial charge in [-0.15, -0.1) is 0 Å². The van der Waals surface area contributed by atoms with Crippen LogP contribution in [0.4, 0.5) is 0 Å². The summed E-state index contributed by atoms with van der Waals surface area (Å²) in [7, 11) is 7.77. The summed E-state index contributed by atoms with van der Waals surface area (Å²) in [6.07, 6.45) is 1.79. The van der Waals surface area contributed by atoms with Gasteiger partial charge >= 0.3 is 106 Å². The van der Waals surface area contributed by atoms with Gasteiger partial charge in [-0.3, -0.25) is 0 Å². The molecule has 0 radical (unpaired) electrons. The first-order chi connectivity index (χ1) is 7.03. The van der Waals surface area contributed by atoms with Gasteiger partial charge in [0.1, 0.15) is 0 Å². The fourth-order valence-electron chi connectivity index (χ4n) is 1.43. The first-order valence-electron chi connectivity index (χ1n) is 4.81. The summed E-state index contributed by atoms with van der Waals surface area (Å²) in [6.45, 7) is 3.94. The van der Waals surface area contributed by atoms with E-state index in [0.29, 0.717) is 0 Å². The molecule has 0 N–H and O–H groups in total. The van der Waals surface area contributed by atoms with Crippen LogP contribution in [0, 0.1) is 0 Å². The molecular formula is C10H14ClHgNO2. The van der Waals surface area contributed by atoms with Crippen LogP contribution < -0.4 is 5.56 Å². The number of halogens is 1. The number of pyridine rings is 1. The van der Waals surface area contributed by atoms with Gasteiger partial charge in [0.15, 0.2) is 0 Å². The van der Waals surface area contributed by atoms with E-state index in [-0.39, 0.29) is 14.7 Å². The number of hydrogen-bond acceptors (Lipinski definition) is 2. The minimum absolute atomic E-state index is 0.00623. The van der Waals surface area contributed by atoms with E-state index in [1.807, 2.05) is 19.9 Å². The topological polar surface area (TPSA) is 31.2 Å². The Labute approximate surface area is 105 Å². The van der Waals surface area contributed by atoms with E-state index in [1.54, 1.807) is 30.0 Å². The van der Waals surface area contributed by atoms with Gasteiger partial charge in [0.25, 0.3) is 0 Å². The molecule has 0 saturated carbocycles. The summed E-state index contributed by atoms with van der Waals surface area (Å²) >= 11 is -1.64. The summed E-state index contributed by atoms with van der Waals surface area (Å²) in [4.78, 5) is 11.7. The third-order valence-electron chi connectivity index (χ3n) is 2.66. The van der Waals surface area contributed by atoms with Crippen LogP contribution in [0.2, 0.25) is 0 Å². The van der Waals surface area contributed by atoms with Crippen molar-refractivity contribution in [2.45, 2.75) is 23.0 Å².